The largest absolute Gasteiger partial charge is 0.452 e. The molecule has 0 atom stereocenters. The second kappa shape index (κ2) is 10.4. The third kappa shape index (κ3) is 3.76. The first-order chi connectivity index (χ1) is 25.8. The number of fused-ring (bicyclic) bond motifs is 13. The van der Waals surface area contributed by atoms with Crippen molar-refractivity contribution in [3.8, 4) is 22.9 Å². The molecule has 6 heteroatoms. The predicted octanol–water partition coefficient (Wildman–Crippen LogP) is 12.6. The fourth-order valence-corrected chi connectivity index (χ4v) is 9.53. The molecule has 0 radical (unpaired) electrons. The monoisotopic (exact) mass is 682 g/mol. The Labute approximate surface area is 300 Å². The Hall–Kier alpha value is -6.76. The maximum Gasteiger partial charge on any atom is 0.236 e. The molecule has 0 N–H and O–H groups in total. The van der Waals surface area contributed by atoms with E-state index in [1.54, 1.807) is 0 Å². The van der Waals surface area contributed by atoms with Gasteiger partial charge in [0.05, 0.1) is 26.8 Å². The van der Waals surface area contributed by atoms with E-state index in [4.69, 9.17) is 14.4 Å². The zero-order valence-electron chi connectivity index (χ0n) is 27.6. The van der Waals surface area contributed by atoms with Crippen LogP contribution in [-0.2, 0) is 0 Å². The number of hydrogen-bond acceptors (Lipinski definition) is 4. The van der Waals surface area contributed by atoms with Gasteiger partial charge in [-0.05, 0) is 54.6 Å². The average Bonchev–Trinajstić information content (AvgIpc) is 3.95. The highest BCUT2D eigenvalue weighted by atomic mass is 32.1. The number of furan rings is 1. The Bertz CT molecular complexity index is 3420. The van der Waals surface area contributed by atoms with Crippen molar-refractivity contribution in [2.45, 2.75) is 0 Å². The van der Waals surface area contributed by atoms with Crippen molar-refractivity contribution in [1.29, 1.82) is 0 Å². The molecule has 12 rings (SSSR count). The summed E-state index contributed by atoms with van der Waals surface area (Å²) < 4.78 is 13.7. The van der Waals surface area contributed by atoms with E-state index >= 15 is 0 Å². The van der Waals surface area contributed by atoms with Crippen LogP contribution in [0.5, 0.6) is 0 Å². The van der Waals surface area contributed by atoms with Gasteiger partial charge in [0, 0.05) is 53.7 Å². The molecular weight excluding hydrogens is 657 g/mol. The molecule has 0 aliphatic carbocycles. The molecule has 0 unspecified atom stereocenters. The molecule has 5 nitrogen and oxygen atoms in total. The molecule has 7 aromatic carbocycles. The van der Waals surface area contributed by atoms with Crippen LogP contribution in [0.25, 0.3) is 109 Å². The standard InChI is InChI=1S/C46H26N4OS/c1-2-12-28(13-3-1)49-36-18-8-5-15-30(36)35-26-27(22-25-38(35)49)41-44-42(34-17-6-10-20-39(34)51-44)48-46(47-41)50-37-19-9-4-14-29(37)32-23-24-33-31-16-7-11-21-40(31)52-45(33)43(32)50/h1-26H. The first-order valence-electron chi connectivity index (χ1n) is 17.4. The minimum atomic E-state index is 0.622. The Morgan fingerprint density at radius 3 is 1.98 bits per heavy atom. The molecule has 52 heavy (non-hydrogen) atoms. The molecule has 5 aromatic heterocycles. The number of thiophene rings is 1. The van der Waals surface area contributed by atoms with Gasteiger partial charge in [0.15, 0.2) is 5.58 Å². The van der Waals surface area contributed by atoms with Crippen LogP contribution in [0.3, 0.4) is 0 Å². The van der Waals surface area contributed by atoms with Crippen molar-refractivity contribution in [3.63, 3.8) is 0 Å². The molecule has 0 saturated carbocycles. The van der Waals surface area contributed by atoms with Gasteiger partial charge in [0.2, 0.25) is 5.95 Å². The van der Waals surface area contributed by atoms with Gasteiger partial charge in [-0.3, -0.25) is 4.57 Å². The zero-order chi connectivity index (χ0) is 33.9. The lowest BCUT2D eigenvalue weighted by molar-refractivity contribution is 0.666. The van der Waals surface area contributed by atoms with Crippen molar-refractivity contribution >= 4 is 97.2 Å². The van der Waals surface area contributed by atoms with Crippen LogP contribution in [0.15, 0.2) is 162 Å². The van der Waals surface area contributed by atoms with E-state index in [2.05, 4.69) is 149 Å². The minimum Gasteiger partial charge on any atom is -0.452 e. The van der Waals surface area contributed by atoms with E-state index in [0.29, 0.717) is 11.5 Å². The lowest BCUT2D eigenvalue weighted by atomic mass is 10.1. The van der Waals surface area contributed by atoms with Crippen molar-refractivity contribution in [2.24, 2.45) is 0 Å². The number of nitrogens with zero attached hydrogens (tertiary/aromatic N) is 4. The predicted molar refractivity (Wildman–Crippen MR) is 216 cm³/mol. The van der Waals surface area contributed by atoms with Crippen molar-refractivity contribution in [1.82, 2.24) is 19.1 Å². The summed E-state index contributed by atoms with van der Waals surface area (Å²) in [5, 5.41) is 8.19. The highest BCUT2D eigenvalue weighted by Crippen LogP contribution is 2.44. The molecule has 5 heterocycles. The Morgan fingerprint density at radius 1 is 0.481 bits per heavy atom. The van der Waals surface area contributed by atoms with Gasteiger partial charge in [-0.2, -0.15) is 0 Å². The summed E-state index contributed by atoms with van der Waals surface area (Å²) >= 11 is 1.83. The number of benzene rings is 7. The van der Waals surface area contributed by atoms with E-state index in [-0.39, 0.29) is 0 Å². The van der Waals surface area contributed by atoms with E-state index in [9.17, 15) is 0 Å². The second-order valence-corrected chi connectivity index (χ2v) is 14.4. The zero-order valence-corrected chi connectivity index (χ0v) is 28.4. The fourth-order valence-electron chi connectivity index (χ4n) is 8.29. The summed E-state index contributed by atoms with van der Waals surface area (Å²) in [6, 6.07) is 55.8. The maximum absolute atomic E-state index is 6.63. The summed E-state index contributed by atoms with van der Waals surface area (Å²) in [6.45, 7) is 0. The smallest absolute Gasteiger partial charge is 0.236 e. The summed E-state index contributed by atoms with van der Waals surface area (Å²) in [5.74, 6) is 0.622. The van der Waals surface area contributed by atoms with Gasteiger partial charge < -0.3 is 8.98 Å². The van der Waals surface area contributed by atoms with E-state index < -0.39 is 0 Å². The highest BCUT2D eigenvalue weighted by Gasteiger charge is 2.24. The molecule has 12 aromatic rings. The quantitative estimate of drug-likeness (QED) is 0.186. The number of rotatable bonds is 3. The van der Waals surface area contributed by atoms with Crippen molar-refractivity contribution in [2.75, 3.05) is 0 Å². The summed E-state index contributed by atoms with van der Waals surface area (Å²) in [4.78, 5) is 10.8. The van der Waals surface area contributed by atoms with E-state index in [1.807, 2.05) is 29.5 Å². The molecular formula is C46H26N4OS. The maximum atomic E-state index is 6.63. The SMILES string of the molecule is c1ccc(-n2c3ccccc3c3cc(-c4nc(-n5c6ccccc6c6ccc7c8ccccc8sc7c65)nc5c4oc4ccccc45)ccc32)cc1. The second-order valence-electron chi connectivity index (χ2n) is 13.4. The topological polar surface area (TPSA) is 48.8 Å². The molecule has 0 fully saturated rings. The van der Waals surface area contributed by atoms with Crippen LogP contribution in [-0.4, -0.2) is 19.1 Å². The first kappa shape index (κ1) is 28.0. The Balaban J connectivity index is 1.20. The number of hydrogen-bond donors (Lipinski definition) is 0. The molecule has 0 bridgehead atoms. The van der Waals surface area contributed by atoms with E-state index in [0.717, 1.165) is 60.9 Å². The average molecular weight is 683 g/mol. The third-order valence-corrected chi connectivity index (χ3v) is 11.7. The van der Waals surface area contributed by atoms with Gasteiger partial charge in [0.25, 0.3) is 0 Å². The Kier molecular flexibility index (Phi) is 5.59. The molecule has 0 aliphatic heterocycles. The molecule has 0 saturated heterocycles. The Morgan fingerprint density at radius 2 is 1.13 bits per heavy atom. The van der Waals surface area contributed by atoms with Gasteiger partial charge in [-0.25, -0.2) is 9.97 Å². The van der Waals surface area contributed by atoms with Crippen LogP contribution in [0, 0.1) is 0 Å². The number of aromatic nitrogens is 4. The van der Waals surface area contributed by atoms with Crippen molar-refractivity contribution < 1.29 is 4.42 Å². The van der Waals surface area contributed by atoms with Crippen LogP contribution < -0.4 is 0 Å². The van der Waals surface area contributed by atoms with Crippen molar-refractivity contribution in [3.05, 3.63) is 158 Å². The van der Waals surface area contributed by atoms with Crippen LogP contribution >= 0.6 is 11.3 Å². The van der Waals surface area contributed by atoms with E-state index in [1.165, 1.54) is 36.3 Å². The molecule has 0 amide bonds. The van der Waals surface area contributed by atoms with Gasteiger partial charge in [-0.15, -0.1) is 11.3 Å². The van der Waals surface area contributed by atoms with Crippen LogP contribution in [0.2, 0.25) is 0 Å². The molecule has 0 spiro atoms. The number of para-hydroxylation sites is 4. The van der Waals surface area contributed by atoms with Gasteiger partial charge in [0.1, 0.15) is 16.8 Å². The van der Waals surface area contributed by atoms with Crippen LogP contribution in [0.4, 0.5) is 0 Å². The van der Waals surface area contributed by atoms with Gasteiger partial charge in [-0.1, -0.05) is 103 Å². The lowest BCUT2D eigenvalue weighted by Gasteiger charge is -2.11. The highest BCUT2D eigenvalue weighted by molar-refractivity contribution is 7.26. The summed E-state index contributed by atoms with van der Waals surface area (Å²) in [5.41, 5.74) is 9.65. The first-order valence-corrected chi connectivity index (χ1v) is 18.2. The molecule has 0 aliphatic rings. The minimum absolute atomic E-state index is 0.622. The lowest BCUT2D eigenvalue weighted by Crippen LogP contribution is -2.03. The fraction of sp³-hybridized carbons (Fsp3) is 0. The summed E-state index contributed by atoms with van der Waals surface area (Å²) in [6.07, 6.45) is 0. The summed E-state index contributed by atoms with van der Waals surface area (Å²) in [7, 11) is 0. The normalized spacial score (nSPS) is 12.2. The van der Waals surface area contributed by atoms with Crippen LogP contribution in [0.1, 0.15) is 0 Å². The third-order valence-electron chi connectivity index (χ3n) is 10.5. The molecule has 242 valence electrons. The van der Waals surface area contributed by atoms with Gasteiger partial charge >= 0.3 is 0 Å².